The molecule has 0 aliphatic rings. The molecule has 0 radical (unpaired) electrons. The second kappa shape index (κ2) is 14.2. The van der Waals surface area contributed by atoms with Gasteiger partial charge in [-0.05, 0) is 30.5 Å². The number of aliphatic carboxylic acids is 1. The first-order valence-electron chi connectivity index (χ1n) is 13.8. The lowest BCUT2D eigenvalue weighted by atomic mass is 10.0. The smallest absolute Gasteiger partial charge is 0.326 e. The molecular weight excluding hydrogens is 554 g/mol. The van der Waals surface area contributed by atoms with Gasteiger partial charge in [0.05, 0.1) is 18.5 Å². The molecule has 0 spiro atoms. The molecule has 0 bridgehead atoms. The van der Waals surface area contributed by atoms with Gasteiger partial charge in [0.2, 0.25) is 17.7 Å². The molecule has 226 valence electrons. The first kappa shape index (κ1) is 30.9. The Morgan fingerprint density at radius 3 is 2.23 bits per heavy atom. The lowest BCUT2D eigenvalue weighted by Crippen LogP contribution is -2.60. The molecule has 13 heteroatoms. The predicted octanol–water partition coefficient (Wildman–Crippen LogP) is 0.166. The van der Waals surface area contributed by atoms with Crippen LogP contribution in [0.3, 0.4) is 0 Å². The number of hydrogen-bond donors (Lipinski definition) is 8. The van der Waals surface area contributed by atoms with E-state index in [2.05, 4.69) is 30.9 Å². The quantitative estimate of drug-likeness (QED) is 0.101. The minimum Gasteiger partial charge on any atom is -0.480 e. The van der Waals surface area contributed by atoms with Crippen LogP contribution in [-0.2, 0) is 38.4 Å². The number of amides is 3. The van der Waals surface area contributed by atoms with Gasteiger partial charge in [0.1, 0.15) is 18.1 Å². The Morgan fingerprint density at radius 1 is 0.860 bits per heavy atom. The fourth-order valence-electron chi connectivity index (χ4n) is 4.70. The van der Waals surface area contributed by atoms with Gasteiger partial charge in [0.25, 0.3) is 0 Å². The molecule has 5 unspecified atom stereocenters. The van der Waals surface area contributed by atoms with Gasteiger partial charge in [-0.25, -0.2) is 9.78 Å². The number of aliphatic hydroxyl groups is 1. The lowest BCUT2D eigenvalue weighted by molar-refractivity contribution is -0.143. The Hall–Kier alpha value is -5.01. The van der Waals surface area contributed by atoms with Crippen LogP contribution in [0.15, 0.2) is 73.3 Å². The number of aromatic nitrogens is 3. The van der Waals surface area contributed by atoms with Crippen molar-refractivity contribution in [3.8, 4) is 0 Å². The summed E-state index contributed by atoms with van der Waals surface area (Å²) in [6.07, 6.45) is 3.39. The number of fused-ring (bicyclic) bond motifs is 1. The van der Waals surface area contributed by atoms with Crippen LogP contribution in [0.1, 0.15) is 23.7 Å². The van der Waals surface area contributed by atoms with Crippen molar-refractivity contribution in [1.82, 2.24) is 30.9 Å². The number of aliphatic hydroxyl groups excluding tert-OH is 1. The summed E-state index contributed by atoms with van der Waals surface area (Å²) in [7, 11) is 0. The number of carbonyl (C=O) groups is 4. The molecule has 5 atom stereocenters. The molecular formula is C30H35N7O6. The van der Waals surface area contributed by atoms with E-state index in [0.29, 0.717) is 5.69 Å². The maximum Gasteiger partial charge on any atom is 0.326 e. The standard InChI is InChI=1S/C30H35N7O6/c1-17(38)26(29(41)36-25(30(42)43)13-20-15-32-16-34-20)37-28(40)24(11-18-7-3-2-4-8-18)35-27(39)22(31)12-19-14-33-23-10-6-5-9-21(19)23/h2-10,14-17,22,24-26,33,38H,11-13,31H2,1H3,(H,32,34)(H,35,39)(H,36,41)(H,37,40)(H,42,43). The van der Waals surface area contributed by atoms with Gasteiger partial charge < -0.3 is 41.9 Å². The highest BCUT2D eigenvalue weighted by molar-refractivity contribution is 5.95. The molecule has 2 heterocycles. The highest BCUT2D eigenvalue weighted by Crippen LogP contribution is 2.19. The molecule has 3 amide bonds. The number of rotatable bonds is 14. The third-order valence-corrected chi connectivity index (χ3v) is 7.02. The number of para-hydroxylation sites is 1. The van der Waals surface area contributed by atoms with Crippen LogP contribution in [0.2, 0.25) is 0 Å². The van der Waals surface area contributed by atoms with Gasteiger partial charge >= 0.3 is 5.97 Å². The van der Waals surface area contributed by atoms with Gasteiger partial charge in [-0.1, -0.05) is 48.5 Å². The van der Waals surface area contributed by atoms with Crippen LogP contribution in [0, 0.1) is 0 Å². The number of H-pyrrole nitrogens is 2. The molecule has 9 N–H and O–H groups in total. The number of hydrogen-bond acceptors (Lipinski definition) is 7. The number of imidazole rings is 1. The van der Waals surface area contributed by atoms with E-state index in [0.717, 1.165) is 22.0 Å². The van der Waals surface area contributed by atoms with Gasteiger partial charge in [0.15, 0.2) is 0 Å². The average Bonchev–Trinajstić information content (AvgIpc) is 3.65. The first-order chi connectivity index (χ1) is 20.6. The zero-order chi connectivity index (χ0) is 30.9. The Balaban J connectivity index is 1.47. The highest BCUT2D eigenvalue weighted by Gasteiger charge is 2.33. The highest BCUT2D eigenvalue weighted by atomic mass is 16.4. The van der Waals surface area contributed by atoms with Crippen LogP contribution >= 0.6 is 0 Å². The maximum absolute atomic E-state index is 13.5. The predicted molar refractivity (Wildman–Crippen MR) is 158 cm³/mol. The number of nitrogens with two attached hydrogens (primary N) is 1. The second-order valence-electron chi connectivity index (χ2n) is 10.3. The van der Waals surface area contributed by atoms with Crippen molar-refractivity contribution in [2.24, 2.45) is 5.73 Å². The summed E-state index contributed by atoms with van der Waals surface area (Å²) in [5.74, 6) is -3.55. The van der Waals surface area contributed by atoms with E-state index in [-0.39, 0.29) is 19.3 Å². The van der Waals surface area contributed by atoms with Crippen LogP contribution < -0.4 is 21.7 Å². The van der Waals surface area contributed by atoms with Crippen LogP contribution in [0.4, 0.5) is 0 Å². The molecule has 13 nitrogen and oxygen atoms in total. The van der Waals surface area contributed by atoms with E-state index < -0.39 is 54.0 Å². The topological polar surface area (TPSA) is 215 Å². The van der Waals surface area contributed by atoms with E-state index in [1.165, 1.54) is 19.4 Å². The monoisotopic (exact) mass is 589 g/mol. The first-order valence-corrected chi connectivity index (χ1v) is 13.8. The van der Waals surface area contributed by atoms with Crippen LogP contribution in [-0.4, -0.2) is 79.1 Å². The molecule has 0 aliphatic heterocycles. The average molecular weight is 590 g/mol. The minimum atomic E-state index is -1.51. The fraction of sp³-hybridized carbons (Fsp3) is 0.300. The Labute approximate surface area is 247 Å². The number of carboxylic acids is 1. The molecule has 4 aromatic rings. The summed E-state index contributed by atoms with van der Waals surface area (Å²) in [4.78, 5) is 61.3. The van der Waals surface area contributed by atoms with Crippen LogP contribution in [0.5, 0.6) is 0 Å². The summed E-state index contributed by atoms with van der Waals surface area (Å²) < 4.78 is 0. The molecule has 2 aromatic heterocycles. The zero-order valence-electron chi connectivity index (χ0n) is 23.5. The molecule has 4 rings (SSSR count). The van der Waals surface area contributed by atoms with Crippen molar-refractivity contribution in [3.05, 3.63) is 90.1 Å². The lowest BCUT2D eigenvalue weighted by Gasteiger charge is -2.26. The Morgan fingerprint density at radius 2 is 1.56 bits per heavy atom. The number of aromatic amines is 2. The van der Waals surface area contributed by atoms with E-state index in [4.69, 9.17) is 5.73 Å². The SMILES string of the molecule is CC(O)C(NC(=O)C(Cc1ccccc1)NC(=O)C(N)Cc1c[nH]c2ccccc12)C(=O)NC(Cc1cnc[nH]1)C(=O)O. The van der Waals surface area contributed by atoms with Gasteiger partial charge in [-0.3, -0.25) is 14.4 Å². The number of carboxylic acid groups (broad SMARTS) is 1. The van der Waals surface area contributed by atoms with Crippen molar-refractivity contribution in [3.63, 3.8) is 0 Å². The molecule has 2 aromatic carbocycles. The van der Waals surface area contributed by atoms with Crippen molar-refractivity contribution in [2.75, 3.05) is 0 Å². The van der Waals surface area contributed by atoms with Crippen molar-refractivity contribution in [1.29, 1.82) is 0 Å². The normalized spacial score (nSPS) is 14.7. The van der Waals surface area contributed by atoms with E-state index in [1.54, 1.807) is 30.5 Å². The fourth-order valence-corrected chi connectivity index (χ4v) is 4.70. The molecule has 0 aliphatic carbocycles. The van der Waals surface area contributed by atoms with Gasteiger partial charge in [-0.2, -0.15) is 0 Å². The molecule has 0 saturated heterocycles. The number of nitrogens with zero attached hydrogens (tertiary/aromatic N) is 1. The Kier molecular flexibility index (Phi) is 10.3. The van der Waals surface area contributed by atoms with Crippen molar-refractivity contribution in [2.45, 2.75) is 56.5 Å². The largest absolute Gasteiger partial charge is 0.480 e. The molecule has 0 saturated carbocycles. The second-order valence-corrected chi connectivity index (χ2v) is 10.3. The Bertz CT molecular complexity index is 1540. The molecule has 0 fully saturated rings. The third-order valence-electron chi connectivity index (χ3n) is 7.02. The van der Waals surface area contributed by atoms with Crippen molar-refractivity contribution < 1.29 is 29.4 Å². The zero-order valence-corrected chi connectivity index (χ0v) is 23.5. The molecule has 43 heavy (non-hydrogen) atoms. The summed E-state index contributed by atoms with van der Waals surface area (Å²) in [6.45, 7) is 1.29. The van der Waals surface area contributed by atoms with Gasteiger partial charge in [-0.15, -0.1) is 0 Å². The van der Waals surface area contributed by atoms with Crippen LogP contribution in [0.25, 0.3) is 10.9 Å². The number of benzene rings is 2. The number of carbonyl (C=O) groups excluding carboxylic acids is 3. The number of nitrogens with one attached hydrogen (secondary N) is 5. The van der Waals surface area contributed by atoms with E-state index >= 15 is 0 Å². The van der Waals surface area contributed by atoms with Crippen molar-refractivity contribution >= 4 is 34.6 Å². The van der Waals surface area contributed by atoms with E-state index in [1.807, 2.05) is 30.3 Å². The summed E-state index contributed by atoms with van der Waals surface area (Å²) in [5.41, 5.74) is 9.21. The van der Waals surface area contributed by atoms with E-state index in [9.17, 15) is 29.4 Å². The summed E-state index contributed by atoms with van der Waals surface area (Å²) in [5, 5.41) is 28.4. The third kappa shape index (κ3) is 8.27. The maximum atomic E-state index is 13.5. The summed E-state index contributed by atoms with van der Waals surface area (Å²) in [6, 6.07) is 11.5. The summed E-state index contributed by atoms with van der Waals surface area (Å²) >= 11 is 0. The van der Waals surface area contributed by atoms with Gasteiger partial charge in [0, 0.05) is 41.8 Å². The minimum absolute atomic E-state index is 0.0734.